The monoisotopic (exact) mass is 372 g/mol. The van der Waals surface area contributed by atoms with Crippen LogP contribution < -0.4 is 0 Å². The Hall–Kier alpha value is -1.12. The molecule has 0 bridgehead atoms. The molecule has 152 valence electrons. The van der Waals surface area contributed by atoms with Crippen molar-refractivity contribution < 1.29 is 9.47 Å². The molecule has 2 atom stereocenters. The lowest BCUT2D eigenvalue weighted by atomic mass is 10.0. The van der Waals surface area contributed by atoms with Gasteiger partial charge in [-0.1, -0.05) is 120 Å². The summed E-state index contributed by atoms with van der Waals surface area (Å²) in [6.07, 6.45) is 21.8. The highest BCUT2D eigenvalue weighted by Gasteiger charge is 2.35. The minimum atomic E-state index is 0.341. The maximum absolute atomic E-state index is 5.73. The molecule has 0 radical (unpaired) electrons. The van der Waals surface area contributed by atoms with Gasteiger partial charge in [0, 0.05) is 0 Å². The van der Waals surface area contributed by atoms with Gasteiger partial charge in [0.15, 0.2) is 0 Å². The van der Waals surface area contributed by atoms with Crippen molar-refractivity contribution in [2.75, 3.05) is 6.61 Å². The normalized spacial score (nSPS) is 19.0. The molecule has 0 aliphatic carbocycles. The molecule has 0 amide bonds. The molecule has 0 aromatic heterocycles. The SMILES string of the molecule is CCCCCCCCCCCCC[C@H]1O[C@@H]1/C=C/COCc1ccccc1. The van der Waals surface area contributed by atoms with E-state index < -0.39 is 0 Å². The highest BCUT2D eigenvalue weighted by Crippen LogP contribution is 2.28. The summed E-state index contributed by atoms with van der Waals surface area (Å²) in [6.45, 7) is 3.63. The fourth-order valence-corrected chi connectivity index (χ4v) is 3.58. The van der Waals surface area contributed by atoms with Crippen LogP contribution in [0.2, 0.25) is 0 Å². The molecule has 2 nitrogen and oxygen atoms in total. The quantitative estimate of drug-likeness (QED) is 0.163. The fourth-order valence-electron chi connectivity index (χ4n) is 3.58. The van der Waals surface area contributed by atoms with Crippen molar-refractivity contribution in [3.05, 3.63) is 48.0 Å². The standard InChI is InChI=1S/C25H40O2/c1-2-3-4-5-6-7-8-9-10-11-15-19-24-25(27-24)20-16-21-26-22-23-17-13-12-14-18-23/h12-14,16-18,20,24-25H,2-11,15,19,21-22H2,1H3/b20-16+/t24-,25-/m1/s1. The van der Waals surface area contributed by atoms with Crippen LogP contribution in [0.1, 0.15) is 89.5 Å². The average Bonchev–Trinajstić information content (AvgIpc) is 3.45. The predicted molar refractivity (Wildman–Crippen MR) is 115 cm³/mol. The predicted octanol–water partition coefficient (Wildman–Crippen LogP) is 7.23. The third-order valence-electron chi connectivity index (χ3n) is 5.37. The summed E-state index contributed by atoms with van der Waals surface area (Å²) < 4.78 is 11.4. The Morgan fingerprint density at radius 3 is 2.15 bits per heavy atom. The number of hydrogen-bond donors (Lipinski definition) is 0. The zero-order chi connectivity index (χ0) is 19.0. The van der Waals surface area contributed by atoms with Crippen molar-refractivity contribution >= 4 is 0 Å². The van der Waals surface area contributed by atoms with Gasteiger partial charge in [0.1, 0.15) is 6.10 Å². The van der Waals surface area contributed by atoms with E-state index in [1.54, 1.807) is 0 Å². The van der Waals surface area contributed by atoms with Crippen LogP contribution in [0.15, 0.2) is 42.5 Å². The Morgan fingerprint density at radius 1 is 0.852 bits per heavy atom. The molecule has 1 heterocycles. The summed E-state index contributed by atoms with van der Waals surface area (Å²) in [5.74, 6) is 0. The van der Waals surface area contributed by atoms with Gasteiger partial charge in [-0.05, 0) is 12.0 Å². The molecule has 1 aliphatic rings. The lowest BCUT2D eigenvalue weighted by Crippen LogP contribution is -1.94. The zero-order valence-corrected chi connectivity index (χ0v) is 17.4. The molecule has 0 spiro atoms. The topological polar surface area (TPSA) is 21.8 Å². The van der Waals surface area contributed by atoms with Crippen molar-refractivity contribution in [3.8, 4) is 0 Å². The Morgan fingerprint density at radius 2 is 1.48 bits per heavy atom. The summed E-state index contributed by atoms with van der Waals surface area (Å²) >= 11 is 0. The summed E-state index contributed by atoms with van der Waals surface area (Å²) in [5, 5.41) is 0. The number of unbranched alkanes of at least 4 members (excludes halogenated alkanes) is 10. The van der Waals surface area contributed by atoms with Crippen LogP contribution in [0.3, 0.4) is 0 Å². The molecular weight excluding hydrogens is 332 g/mol. The molecule has 2 rings (SSSR count). The van der Waals surface area contributed by atoms with Gasteiger partial charge in [0.2, 0.25) is 0 Å². The largest absolute Gasteiger partial charge is 0.373 e. The van der Waals surface area contributed by atoms with E-state index in [1.807, 2.05) is 18.2 Å². The lowest BCUT2D eigenvalue weighted by molar-refractivity contribution is 0.148. The van der Waals surface area contributed by atoms with Gasteiger partial charge in [-0.15, -0.1) is 0 Å². The Labute approximate surface area is 167 Å². The van der Waals surface area contributed by atoms with Gasteiger partial charge in [-0.25, -0.2) is 0 Å². The van der Waals surface area contributed by atoms with Crippen LogP contribution in [-0.4, -0.2) is 18.8 Å². The van der Waals surface area contributed by atoms with E-state index in [2.05, 4.69) is 31.2 Å². The highest BCUT2D eigenvalue weighted by molar-refractivity contribution is 5.13. The number of epoxide rings is 1. The summed E-state index contributed by atoms with van der Waals surface area (Å²) in [7, 11) is 0. The van der Waals surface area contributed by atoms with E-state index in [0.717, 1.165) is 0 Å². The number of hydrogen-bond acceptors (Lipinski definition) is 2. The van der Waals surface area contributed by atoms with E-state index in [9.17, 15) is 0 Å². The average molecular weight is 373 g/mol. The van der Waals surface area contributed by atoms with Crippen LogP contribution in [0.5, 0.6) is 0 Å². The fraction of sp³-hybridized carbons (Fsp3) is 0.680. The first kappa shape index (κ1) is 22.2. The van der Waals surface area contributed by atoms with Gasteiger partial charge in [0.25, 0.3) is 0 Å². The Balaban J connectivity index is 1.33. The maximum Gasteiger partial charge on any atom is 0.102 e. The molecule has 1 saturated heterocycles. The van der Waals surface area contributed by atoms with Crippen LogP contribution in [-0.2, 0) is 16.1 Å². The molecule has 0 unspecified atom stereocenters. The summed E-state index contributed by atoms with van der Waals surface area (Å²) in [4.78, 5) is 0. The maximum atomic E-state index is 5.73. The van der Waals surface area contributed by atoms with Crippen molar-refractivity contribution in [3.63, 3.8) is 0 Å². The molecular formula is C25H40O2. The zero-order valence-electron chi connectivity index (χ0n) is 17.4. The van der Waals surface area contributed by atoms with Gasteiger partial charge in [0.05, 0.1) is 19.3 Å². The van der Waals surface area contributed by atoms with Crippen molar-refractivity contribution in [1.82, 2.24) is 0 Å². The molecule has 1 aromatic rings. The molecule has 27 heavy (non-hydrogen) atoms. The highest BCUT2D eigenvalue weighted by atomic mass is 16.6. The first-order chi connectivity index (χ1) is 13.4. The first-order valence-corrected chi connectivity index (χ1v) is 11.3. The number of ether oxygens (including phenoxy) is 2. The molecule has 0 saturated carbocycles. The van der Waals surface area contributed by atoms with Crippen LogP contribution in [0.25, 0.3) is 0 Å². The second kappa shape index (κ2) is 14.9. The number of benzene rings is 1. The van der Waals surface area contributed by atoms with Crippen LogP contribution in [0, 0.1) is 0 Å². The minimum absolute atomic E-state index is 0.341. The third-order valence-corrected chi connectivity index (χ3v) is 5.37. The van der Waals surface area contributed by atoms with Gasteiger partial charge >= 0.3 is 0 Å². The Kier molecular flexibility index (Phi) is 12.2. The van der Waals surface area contributed by atoms with E-state index in [1.165, 1.54) is 82.6 Å². The molecule has 0 N–H and O–H groups in total. The molecule has 1 aliphatic heterocycles. The van der Waals surface area contributed by atoms with Crippen LogP contribution >= 0.6 is 0 Å². The van der Waals surface area contributed by atoms with Gasteiger partial charge < -0.3 is 9.47 Å². The van der Waals surface area contributed by atoms with E-state index in [4.69, 9.17) is 9.47 Å². The summed E-state index contributed by atoms with van der Waals surface area (Å²) in [5.41, 5.74) is 1.22. The summed E-state index contributed by atoms with van der Waals surface area (Å²) in [6, 6.07) is 10.3. The van der Waals surface area contributed by atoms with Crippen molar-refractivity contribution in [2.45, 2.75) is 103 Å². The first-order valence-electron chi connectivity index (χ1n) is 11.3. The van der Waals surface area contributed by atoms with E-state index in [-0.39, 0.29) is 0 Å². The molecule has 1 fully saturated rings. The van der Waals surface area contributed by atoms with Gasteiger partial charge in [-0.2, -0.15) is 0 Å². The van der Waals surface area contributed by atoms with E-state index >= 15 is 0 Å². The molecule has 1 aromatic carbocycles. The van der Waals surface area contributed by atoms with Crippen LogP contribution in [0.4, 0.5) is 0 Å². The third kappa shape index (κ3) is 11.3. The molecule has 2 heteroatoms. The smallest absolute Gasteiger partial charge is 0.102 e. The Bertz CT molecular complexity index is 482. The van der Waals surface area contributed by atoms with Crippen molar-refractivity contribution in [2.24, 2.45) is 0 Å². The van der Waals surface area contributed by atoms with E-state index in [0.29, 0.717) is 25.4 Å². The lowest BCUT2D eigenvalue weighted by Gasteiger charge is -2.02. The number of rotatable bonds is 17. The van der Waals surface area contributed by atoms with Crippen molar-refractivity contribution in [1.29, 1.82) is 0 Å². The second-order valence-electron chi connectivity index (χ2n) is 7.89. The second-order valence-corrected chi connectivity index (χ2v) is 7.89. The van der Waals surface area contributed by atoms with Gasteiger partial charge in [-0.3, -0.25) is 0 Å². The minimum Gasteiger partial charge on any atom is -0.373 e.